The minimum atomic E-state index is -3.69. The molecule has 0 saturated carbocycles. The molecule has 0 amide bonds. The third-order valence-corrected chi connectivity index (χ3v) is 6.29. The molecule has 0 spiro atoms. The highest BCUT2D eigenvalue weighted by molar-refractivity contribution is 7.94. The lowest BCUT2D eigenvalue weighted by Gasteiger charge is -2.09. The molecule has 3 aromatic rings. The monoisotopic (exact) mass is 371 g/mol. The zero-order valence-corrected chi connectivity index (χ0v) is 14.2. The molecule has 9 heteroatoms. The summed E-state index contributed by atoms with van der Waals surface area (Å²) >= 11 is 12.2. The van der Waals surface area contributed by atoms with Crippen molar-refractivity contribution in [3.63, 3.8) is 0 Å². The van der Waals surface area contributed by atoms with Gasteiger partial charge in [0.15, 0.2) is 0 Å². The van der Waals surface area contributed by atoms with E-state index < -0.39 is 10.0 Å². The minimum Gasteiger partial charge on any atom is -0.388 e. The minimum absolute atomic E-state index is 0.194. The number of fused-ring (bicyclic) bond motifs is 1. The normalized spacial score (nSPS) is 11.7. The molecule has 2 heterocycles. The Labute approximate surface area is 141 Å². The molecule has 114 valence electrons. The van der Waals surface area contributed by atoms with E-state index >= 15 is 0 Å². The molecule has 1 aromatic carbocycles. The second kappa shape index (κ2) is 5.54. The van der Waals surface area contributed by atoms with Crippen molar-refractivity contribution in [2.75, 3.05) is 4.72 Å². The van der Waals surface area contributed by atoms with E-state index in [2.05, 4.69) is 9.71 Å². The average molecular weight is 372 g/mol. The van der Waals surface area contributed by atoms with Gasteiger partial charge in [-0.2, -0.15) is 0 Å². The number of nitrogens with one attached hydrogen (secondary N) is 2. The first-order valence-electron chi connectivity index (χ1n) is 6.06. The first kappa shape index (κ1) is 15.3. The van der Waals surface area contributed by atoms with Gasteiger partial charge in [0.2, 0.25) is 0 Å². The van der Waals surface area contributed by atoms with Gasteiger partial charge in [0.1, 0.15) is 9.20 Å². The van der Waals surface area contributed by atoms with E-state index in [4.69, 9.17) is 29.6 Å². The number of anilines is 1. The molecule has 0 fully saturated rings. The predicted molar refractivity (Wildman–Crippen MR) is 94.3 cm³/mol. The number of aromatic amines is 1. The standard InChI is InChI=1S/C13H10ClN3O2S3/c14-8-4-3-7-6-9(13(15)20)16-11(7)12(8)17-22(18,19)10-2-1-5-21-10/h1-6,16-17H,(H2,15,20). The number of sulfonamides is 1. The van der Waals surface area contributed by atoms with E-state index in [0.29, 0.717) is 11.2 Å². The topological polar surface area (TPSA) is 88.0 Å². The van der Waals surface area contributed by atoms with Crippen molar-refractivity contribution in [3.8, 4) is 0 Å². The Hall–Kier alpha value is -1.61. The van der Waals surface area contributed by atoms with Crippen LogP contribution in [0.15, 0.2) is 39.9 Å². The van der Waals surface area contributed by atoms with Crippen LogP contribution in [0.5, 0.6) is 0 Å². The summed E-state index contributed by atoms with van der Waals surface area (Å²) in [5, 5.41) is 2.73. The molecule has 0 bridgehead atoms. The highest BCUT2D eigenvalue weighted by atomic mass is 35.5. The summed E-state index contributed by atoms with van der Waals surface area (Å²) in [6, 6.07) is 8.32. The van der Waals surface area contributed by atoms with Crippen LogP contribution in [0.1, 0.15) is 5.69 Å². The van der Waals surface area contributed by atoms with Crippen molar-refractivity contribution in [1.82, 2.24) is 4.98 Å². The Morgan fingerprint density at radius 3 is 2.77 bits per heavy atom. The maximum Gasteiger partial charge on any atom is 0.271 e. The number of nitrogens with two attached hydrogens (primary N) is 1. The quantitative estimate of drug-likeness (QED) is 0.614. The summed E-state index contributed by atoms with van der Waals surface area (Å²) in [6.07, 6.45) is 0. The van der Waals surface area contributed by atoms with E-state index in [1.165, 1.54) is 6.07 Å². The second-order valence-electron chi connectivity index (χ2n) is 4.47. The van der Waals surface area contributed by atoms with Crippen molar-refractivity contribution >= 4 is 66.8 Å². The van der Waals surface area contributed by atoms with Crippen LogP contribution in [0.3, 0.4) is 0 Å². The third kappa shape index (κ3) is 2.70. The van der Waals surface area contributed by atoms with Crippen molar-refractivity contribution < 1.29 is 8.42 Å². The van der Waals surface area contributed by atoms with Gasteiger partial charge in [-0.25, -0.2) is 8.42 Å². The molecule has 0 saturated heterocycles. The Balaban J connectivity index is 2.14. The van der Waals surface area contributed by atoms with E-state index in [1.54, 1.807) is 29.6 Å². The van der Waals surface area contributed by atoms with Gasteiger partial charge in [-0.1, -0.05) is 36.0 Å². The van der Waals surface area contributed by atoms with E-state index in [1.807, 2.05) is 0 Å². The van der Waals surface area contributed by atoms with Crippen LogP contribution < -0.4 is 10.5 Å². The molecule has 0 radical (unpaired) electrons. The van der Waals surface area contributed by atoms with Crippen LogP contribution >= 0.6 is 35.2 Å². The summed E-state index contributed by atoms with van der Waals surface area (Å²) in [6.45, 7) is 0. The van der Waals surface area contributed by atoms with Crippen LogP contribution in [-0.2, 0) is 10.0 Å². The highest BCUT2D eigenvalue weighted by Crippen LogP contribution is 2.33. The van der Waals surface area contributed by atoms with Gasteiger partial charge in [0.05, 0.1) is 21.9 Å². The fourth-order valence-corrected chi connectivity index (χ4v) is 4.46. The average Bonchev–Trinajstić information content (AvgIpc) is 3.10. The molecular formula is C13H10ClN3O2S3. The fourth-order valence-electron chi connectivity index (χ4n) is 2.01. The Morgan fingerprint density at radius 1 is 1.36 bits per heavy atom. The summed E-state index contributed by atoms with van der Waals surface area (Å²) in [7, 11) is -3.69. The predicted octanol–water partition coefficient (Wildman–Crippen LogP) is 3.32. The number of hydrogen-bond donors (Lipinski definition) is 3. The van der Waals surface area contributed by atoms with Gasteiger partial charge in [-0.3, -0.25) is 4.72 Å². The summed E-state index contributed by atoms with van der Waals surface area (Å²) < 4.78 is 27.5. The SMILES string of the molecule is NC(=S)c1cc2ccc(Cl)c(NS(=O)(=O)c3cccs3)c2[nH]1. The van der Waals surface area contributed by atoms with Gasteiger partial charge in [-0.05, 0) is 23.6 Å². The number of thiophene rings is 1. The molecule has 22 heavy (non-hydrogen) atoms. The number of rotatable bonds is 4. The Morgan fingerprint density at radius 2 is 2.14 bits per heavy atom. The number of aromatic nitrogens is 1. The zero-order valence-electron chi connectivity index (χ0n) is 11.0. The van der Waals surface area contributed by atoms with E-state index in [0.717, 1.165) is 16.7 Å². The fraction of sp³-hybridized carbons (Fsp3) is 0. The maximum atomic E-state index is 12.4. The molecule has 3 rings (SSSR count). The number of benzene rings is 1. The van der Waals surface area contributed by atoms with Crippen LogP contribution in [0.2, 0.25) is 5.02 Å². The number of thiocarbonyl (C=S) groups is 1. The number of H-pyrrole nitrogens is 1. The van der Waals surface area contributed by atoms with Crippen molar-refractivity contribution in [2.24, 2.45) is 5.73 Å². The van der Waals surface area contributed by atoms with Crippen molar-refractivity contribution in [1.29, 1.82) is 0 Å². The summed E-state index contributed by atoms with van der Waals surface area (Å²) in [4.78, 5) is 3.19. The smallest absolute Gasteiger partial charge is 0.271 e. The van der Waals surface area contributed by atoms with Crippen LogP contribution in [0.4, 0.5) is 5.69 Å². The second-order valence-corrected chi connectivity index (χ2v) is 8.18. The summed E-state index contributed by atoms with van der Waals surface area (Å²) in [5.74, 6) is 0. The van der Waals surface area contributed by atoms with Crippen LogP contribution in [0, 0.1) is 0 Å². The molecule has 0 aliphatic carbocycles. The van der Waals surface area contributed by atoms with E-state index in [9.17, 15) is 8.42 Å². The zero-order chi connectivity index (χ0) is 15.9. The first-order chi connectivity index (χ1) is 10.4. The summed E-state index contributed by atoms with van der Waals surface area (Å²) in [5.41, 5.74) is 6.96. The van der Waals surface area contributed by atoms with Crippen molar-refractivity contribution in [2.45, 2.75) is 4.21 Å². The third-order valence-electron chi connectivity index (χ3n) is 3.01. The van der Waals surface area contributed by atoms with Gasteiger partial charge in [0.25, 0.3) is 10.0 Å². The Bertz CT molecular complexity index is 962. The van der Waals surface area contributed by atoms with E-state index in [-0.39, 0.29) is 19.9 Å². The number of hydrogen-bond acceptors (Lipinski definition) is 4. The molecule has 0 aliphatic rings. The maximum absolute atomic E-state index is 12.4. The molecule has 0 unspecified atom stereocenters. The van der Waals surface area contributed by atoms with Crippen LogP contribution in [0.25, 0.3) is 10.9 Å². The van der Waals surface area contributed by atoms with Gasteiger partial charge >= 0.3 is 0 Å². The van der Waals surface area contributed by atoms with Crippen LogP contribution in [-0.4, -0.2) is 18.4 Å². The lowest BCUT2D eigenvalue weighted by molar-refractivity contribution is 0.603. The largest absolute Gasteiger partial charge is 0.388 e. The Kier molecular flexibility index (Phi) is 3.85. The van der Waals surface area contributed by atoms with Gasteiger partial charge in [0, 0.05) is 5.39 Å². The van der Waals surface area contributed by atoms with Crippen molar-refractivity contribution in [3.05, 3.63) is 46.4 Å². The van der Waals surface area contributed by atoms with Gasteiger partial charge in [-0.15, -0.1) is 11.3 Å². The number of halogens is 1. The lowest BCUT2D eigenvalue weighted by Crippen LogP contribution is -2.12. The molecule has 5 nitrogen and oxygen atoms in total. The highest BCUT2D eigenvalue weighted by Gasteiger charge is 2.19. The van der Waals surface area contributed by atoms with Gasteiger partial charge < -0.3 is 10.7 Å². The first-order valence-corrected chi connectivity index (χ1v) is 9.21. The lowest BCUT2D eigenvalue weighted by atomic mass is 10.2. The molecular weight excluding hydrogens is 362 g/mol. The molecule has 0 aliphatic heterocycles. The molecule has 4 N–H and O–H groups in total. The molecule has 2 aromatic heterocycles. The molecule has 0 atom stereocenters.